The molecular formula is C42H69B4N13O13. The highest BCUT2D eigenvalue weighted by molar-refractivity contribution is 6.16. The maximum Gasteiger partial charge on any atom is 0.242 e. The normalized spacial score (nSPS) is 11.8. The number of rotatable bonds is 41. The first-order valence-electron chi connectivity index (χ1n) is 23.7. The van der Waals surface area contributed by atoms with E-state index in [1.165, 1.54) is 11.8 Å². The van der Waals surface area contributed by atoms with Crippen LogP contribution in [0.25, 0.3) is 0 Å². The Bertz CT molecular complexity index is 1780. The van der Waals surface area contributed by atoms with Crippen molar-refractivity contribution in [1.29, 1.82) is 0 Å². The summed E-state index contributed by atoms with van der Waals surface area (Å²) < 4.78 is 0. The molecule has 0 saturated carbocycles. The Hall–Kier alpha value is -6.47. The van der Waals surface area contributed by atoms with Crippen LogP contribution < -0.4 is 63.9 Å². The molecule has 26 nitrogen and oxygen atoms in total. The summed E-state index contributed by atoms with van der Waals surface area (Å²) in [7, 11) is 20.5. The quantitative estimate of drug-likeness (QED) is 0.0201. The maximum atomic E-state index is 13.6. The number of hydrogen-bond acceptors (Lipinski definition) is 14. The summed E-state index contributed by atoms with van der Waals surface area (Å²) in [6.45, 7) is 0.526. The molecule has 0 saturated heterocycles. The zero-order valence-electron chi connectivity index (χ0n) is 41.1. The standard InChI is InChI=1S/C42H69B4N13O13/c1-27(60)10-4-2-6-20-49-37(67)24-59(25-38(68)50-21-7-3-5-11-31(47)61)26-39(69)54-28(40(70)51-23-9-13-34(64)53-30(42(72)58-46)16-19-36(66)56-44)14-17-32(62)48-22-8-12-33(63)52-29(41(71)57-45)15-18-35(65)55-43/h28-30H,2-26H2,1H3,(H2,47,61)(H,48,62)(H,49,67)(H,50,68)(H,51,70)(H,52,63)(H,53,64)(H,54,69)(H,55,65)(H,56,66)(H,57,71)(H,58,72). The van der Waals surface area contributed by atoms with Gasteiger partial charge in [0.1, 0.15) is 23.9 Å². The lowest BCUT2D eigenvalue weighted by molar-refractivity contribution is -0.132. The first-order chi connectivity index (χ1) is 34.2. The molecule has 0 spiro atoms. The number of carbonyl (C=O) groups excluding carboxylic acids is 13. The molecule has 0 fully saturated rings. The van der Waals surface area contributed by atoms with Crippen LogP contribution in [0.5, 0.6) is 0 Å². The number of ketones is 1. The van der Waals surface area contributed by atoms with Crippen molar-refractivity contribution < 1.29 is 62.3 Å². The summed E-state index contributed by atoms with van der Waals surface area (Å²) in [5.74, 6) is -7.42. The number of hydrogen-bond donors (Lipinski definition) is 12. The Labute approximate surface area is 425 Å². The van der Waals surface area contributed by atoms with E-state index in [1.54, 1.807) is 0 Å². The van der Waals surface area contributed by atoms with Gasteiger partial charge < -0.3 is 68.7 Å². The van der Waals surface area contributed by atoms with Gasteiger partial charge in [-0.15, -0.1) is 0 Å². The fraction of sp³-hybridized carbons (Fsp3) is 0.690. The first kappa shape index (κ1) is 65.5. The minimum Gasteiger partial charge on any atom is -0.409 e. The average molecular weight is 1010 g/mol. The summed E-state index contributed by atoms with van der Waals surface area (Å²) in [6, 6.07) is -3.67. The molecule has 0 bridgehead atoms. The fourth-order valence-corrected chi connectivity index (χ4v) is 6.52. The van der Waals surface area contributed by atoms with Crippen molar-refractivity contribution in [1.82, 2.24) is 63.0 Å². The van der Waals surface area contributed by atoms with E-state index < -0.39 is 109 Å². The summed E-state index contributed by atoms with van der Waals surface area (Å²) in [6.07, 6.45) is 2.81. The van der Waals surface area contributed by atoms with Gasteiger partial charge in [0.15, 0.2) is 0 Å². The largest absolute Gasteiger partial charge is 0.409 e. The lowest BCUT2D eigenvalue weighted by Crippen LogP contribution is -2.52. The van der Waals surface area contributed by atoms with Gasteiger partial charge in [-0.2, -0.15) is 0 Å². The van der Waals surface area contributed by atoms with Crippen LogP contribution in [0.1, 0.15) is 122 Å². The molecule has 0 rings (SSSR count). The molecule has 0 aliphatic carbocycles. The van der Waals surface area contributed by atoms with E-state index in [-0.39, 0.29) is 103 Å². The van der Waals surface area contributed by atoms with Gasteiger partial charge in [-0.3, -0.25) is 62.4 Å². The van der Waals surface area contributed by atoms with Crippen LogP contribution in [0.15, 0.2) is 0 Å². The van der Waals surface area contributed by atoms with E-state index in [2.05, 4.69) is 37.2 Å². The molecule has 0 heterocycles. The number of unbranched alkanes of at least 4 members (excludes halogenated alkanes) is 4. The molecule has 3 unspecified atom stereocenters. The molecular weight excluding hydrogens is 938 g/mol. The molecule has 30 heteroatoms. The average Bonchev–Trinajstić information content (AvgIpc) is 3.33. The van der Waals surface area contributed by atoms with Gasteiger partial charge in [0.2, 0.25) is 103 Å². The Kier molecular flexibility index (Phi) is 36.6. The van der Waals surface area contributed by atoms with Crippen molar-refractivity contribution in [3.05, 3.63) is 0 Å². The molecule has 0 aromatic rings. The molecule has 13 N–H and O–H groups in total. The minimum absolute atomic E-state index is 0.0141. The summed E-state index contributed by atoms with van der Waals surface area (Å²) in [5, 5.41) is 25.7. The van der Waals surface area contributed by atoms with E-state index in [4.69, 9.17) is 37.7 Å². The number of carbonyl (C=O) groups is 13. The third kappa shape index (κ3) is 34.8. The lowest BCUT2D eigenvalue weighted by atomic mass is 10.1. The Morgan fingerprint density at radius 3 is 1.18 bits per heavy atom. The van der Waals surface area contributed by atoms with Crippen LogP contribution in [0.4, 0.5) is 0 Å². The van der Waals surface area contributed by atoms with Gasteiger partial charge in [0.05, 0.1) is 19.6 Å². The molecule has 0 aromatic carbocycles. The highest BCUT2D eigenvalue weighted by Gasteiger charge is 2.26. The number of nitrogens with two attached hydrogens (primary N) is 1. The predicted molar refractivity (Wildman–Crippen MR) is 263 cm³/mol. The Morgan fingerprint density at radius 2 is 0.750 bits per heavy atom. The fourth-order valence-electron chi connectivity index (χ4n) is 6.52. The maximum absolute atomic E-state index is 13.6. The van der Waals surface area contributed by atoms with E-state index in [0.717, 1.165) is 0 Å². The number of nitrogens with zero attached hydrogens (tertiary/aromatic N) is 1. The van der Waals surface area contributed by atoms with Crippen LogP contribution >= 0.6 is 0 Å². The summed E-state index contributed by atoms with van der Waals surface area (Å²) in [5.41, 5.74) is 5.17. The van der Waals surface area contributed by atoms with Crippen molar-refractivity contribution in [3.63, 3.8) is 0 Å². The SMILES string of the molecule is [B]NC(=O)CCC(NC(=O)CCCNC(=O)CCC(NC(=O)CN(CC(=O)NCCCCCC(C)=O)CC(=O)NCCCCCC(N)=O)C(=O)NCCCC(=O)NC(CCC(=O)N[B])C(=O)N[B])C(=O)N[B]. The number of nitrogens with one attached hydrogen (secondary N) is 11. The van der Waals surface area contributed by atoms with Gasteiger partial charge in [0.25, 0.3) is 0 Å². The van der Waals surface area contributed by atoms with Crippen molar-refractivity contribution >= 4 is 109 Å². The third-order valence-corrected chi connectivity index (χ3v) is 10.4. The van der Waals surface area contributed by atoms with E-state index >= 15 is 0 Å². The van der Waals surface area contributed by atoms with Gasteiger partial charge in [0, 0.05) is 71.1 Å². The molecule has 392 valence electrons. The Balaban J connectivity index is 5.89. The molecule has 3 atom stereocenters. The van der Waals surface area contributed by atoms with E-state index in [9.17, 15) is 62.3 Å². The number of Topliss-reactive ketones (excluding diaryl/α,β-unsaturated/α-hetero) is 1. The smallest absolute Gasteiger partial charge is 0.242 e. The van der Waals surface area contributed by atoms with Crippen molar-refractivity contribution in [3.8, 4) is 0 Å². The summed E-state index contributed by atoms with van der Waals surface area (Å²) in [4.78, 5) is 162. The topological polar surface area (TPSA) is 383 Å². The number of amides is 12. The Morgan fingerprint density at radius 1 is 0.375 bits per heavy atom. The monoisotopic (exact) mass is 1010 g/mol. The van der Waals surface area contributed by atoms with Crippen LogP contribution in [0.2, 0.25) is 0 Å². The van der Waals surface area contributed by atoms with Crippen LogP contribution in [0.3, 0.4) is 0 Å². The van der Waals surface area contributed by atoms with Crippen molar-refractivity contribution in [2.24, 2.45) is 5.73 Å². The van der Waals surface area contributed by atoms with Crippen LogP contribution in [-0.4, -0.2) is 177 Å². The van der Waals surface area contributed by atoms with Crippen molar-refractivity contribution in [2.75, 3.05) is 45.8 Å². The van der Waals surface area contributed by atoms with Crippen LogP contribution in [0, 0.1) is 0 Å². The second-order valence-corrected chi connectivity index (χ2v) is 16.6. The molecule has 0 aliphatic rings. The van der Waals surface area contributed by atoms with Crippen molar-refractivity contribution in [2.45, 2.75) is 141 Å². The molecule has 72 heavy (non-hydrogen) atoms. The van der Waals surface area contributed by atoms with Gasteiger partial charge in [-0.1, -0.05) is 12.8 Å². The molecule has 12 amide bonds. The minimum atomic E-state index is -1.36. The van der Waals surface area contributed by atoms with E-state index in [0.29, 0.717) is 44.9 Å². The van der Waals surface area contributed by atoms with Gasteiger partial charge in [-0.25, -0.2) is 0 Å². The van der Waals surface area contributed by atoms with E-state index in [1.807, 2.05) is 20.9 Å². The predicted octanol–water partition coefficient (Wildman–Crippen LogP) is -5.90. The second-order valence-electron chi connectivity index (χ2n) is 16.6. The van der Waals surface area contributed by atoms with Gasteiger partial charge >= 0.3 is 0 Å². The summed E-state index contributed by atoms with van der Waals surface area (Å²) >= 11 is 0. The highest BCUT2D eigenvalue weighted by Crippen LogP contribution is 2.05. The van der Waals surface area contributed by atoms with Crippen LogP contribution in [-0.2, 0) is 62.3 Å². The zero-order chi connectivity index (χ0) is 54.3. The van der Waals surface area contributed by atoms with Gasteiger partial charge in [-0.05, 0) is 64.7 Å². The molecule has 0 aromatic heterocycles. The highest BCUT2D eigenvalue weighted by atomic mass is 16.2. The number of primary amides is 1. The zero-order valence-corrected chi connectivity index (χ0v) is 41.1. The third-order valence-electron chi connectivity index (χ3n) is 10.4. The molecule has 8 radical (unpaired) electrons. The first-order valence-corrected chi connectivity index (χ1v) is 23.7. The lowest BCUT2D eigenvalue weighted by Gasteiger charge is -2.23. The second kappa shape index (κ2) is 40.2. The molecule has 0 aliphatic heterocycles.